The maximum atomic E-state index is 12.3. The van der Waals surface area contributed by atoms with Gasteiger partial charge in [0, 0.05) is 24.7 Å². The minimum absolute atomic E-state index is 0.0910. The highest BCUT2D eigenvalue weighted by molar-refractivity contribution is 5.99. The lowest BCUT2D eigenvalue weighted by Gasteiger charge is -2.29. The molecular formula is C22H30N2O4. The summed E-state index contributed by atoms with van der Waals surface area (Å²) in [6.07, 6.45) is 5.47. The molecule has 0 spiro atoms. The van der Waals surface area contributed by atoms with Crippen molar-refractivity contribution in [1.29, 1.82) is 0 Å². The van der Waals surface area contributed by atoms with Crippen molar-refractivity contribution >= 4 is 23.5 Å². The first-order valence-corrected chi connectivity index (χ1v) is 10.3. The lowest BCUT2D eigenvalue weighted by molar-refractivity contribution is -0.152. The van der Waals surface area contributed by atoms with Gasteiger partial charge in [0.05, 0.1) is 5.92 Å². The molecule has 28 heavy (non-hydrogen) atoms. The first-order chi connectivity index (χ1) is 13.5. The van der Waals surface area contributed by atoms with Crippen LogP contribution in [-0.2, 0) is 25.5 Å². The predicted octanol–water partition coefficient (Wildman–Crippen LogP) is 2.84. The number of aryl methyl sites for hydroxylation is 1. The molecule has 2 amide bonds. The molecule has 0 radical (unpaired) electrons. The van der Waals surface area contributed by atoms with E-state index >= 15 is 0 Å². The summed E-state index contributed by atoms with van der Waals surface area (Å²) in [5.74, 6) is -0.906. The zero-order chi connectivity index (χ0) is 20.1. The molecule has 1 N–H and O–H groups in total. The monoisotopic (exact) mass is 386 g/mol. The minimum Gasteiger partial charge on any atom is -0.455 e. The van der Waals surface area contributed by atoms with Gasteiger partial charge in [-0.2, -0.15) is 0 Å². The molecule has 2 aliphatic rings. The fraction of sp³-hybridized carbons (Fsp3) is 0.591. The second-order valence-electron chi connectivity index (χ2n) is 7.97. The van der Waals surface area contributed by atoms with Crippen LogP contribution >= 0.6 is 0 Å². The van der Waals surface area contributed by atoms with Crippen LogP contribution in [0.3, 0.4) is 0 Å². The summed E-state index contributed by atoms with van der Waals surface area (Å²) < 4.78 is 5.20. The van der Waals surface area contributed by atoms with Gasteiger partial charge in [-0.25, -0.2) is 0 Å². The molecule has 1 heterocycles. The third kappa shape index (κ3) is 4.91. The molecule has 1 aliphatic heterocycles. The molecule has 2 fully saturated rings. The Hall–Kier alpha value is -2.37. The molecule has 6 nitrogen and oxygen atoms in total. The van der Waals surface area contributed by atoms with Gasteiger partial charge >= 0.3 is 5.97 Å². The highest BCUT2D eigenvalue weighted by atomic mass is 16.5. The molecule has 0 unspecified atom stereocenters. The van der Waals surface area contributed by atoms with Crippen LogP contribution in [0.25, 0.3) is 0 Å². The molecule has 152 valence electrons. The molecule has 1 aromatic rings. The van der Waals surface area contributed by atoms with Crippen LogP contribution in [-0.4, -0.2) is 37.0 Å². The van der Waals surface area contributed by atoms with Crippen molar-refractivity contribution in [2.24, 2.45) is 11.8 Å². The number of anilines is 1. The summed E-state index contributed by atoms with van der Waals surface area (Å²) in [6.45, 7) is 4.23. The number of rotatable bonds is 6. The van der Waals surface area contributed by atoms with Gasteiger partial charge in [0.2, 0.25) is 5.91 Å². The molecular weight excluding hydrogens is 356 g/mol. The van der Waals surface area contributed by atoms with Crippen molar-refractivity contribution in [3.63, 3.8) is 0 Å². The Balaban J connectivity index is 1.48. The van der Waals surface area contributed by atoms with Crippen LogP contribution in [0, 0.1) is 11.8 Å². The molecule has 0 bridgehead atoms. The number of hydrogen-bond acceptors (Lipinski definition) is 4. The average molecular weight is 386 g/mol. The smallest absolute Gasteiger partial charge is 0.311 e. The third-order valence-corrected chi connectivity index (χ3v) is 5.92. The Morgan fingerprint density at radius 3 is 2.57 bits per heavy atom. The van der Waals surface area contributed by atoms with Crippen LogP contribution in [0.5, 0.6) is 0 Å². The molecule has 3 rings (SSSR count). The molecule has 1 aromatic carbocycles. The second kappa shape index (κ2) is 9.22. The molecule has 1 saturated carbocycles. The van der Waals surface area contributed by atoms with Gasteiger partial charge in [0.25, 0.3) is 5.91 Å². The van der Waals surface area contributed by atoms with E-state index in [2.05, 4.69) is 19.2 Å². The van der Waals surface area contributed by atoms with Crippen molar-refractivity contribution in [3.8, 4) is 0 Å². The number of esters is 1. The highest BCUT2D eigenvalue weighted by Gasteiger charge is 2.36. The SMILES string of the molecule is CCc1ccc(N2C[C@H](C(=O)OCC(=O)N[C@H]3CCCC[C@@H]3C)CC2=O)cc1. The quantitative estimate of drug-likeness (QED) is 0.763. The topological polar surface area (TPSA) is 75.7 Å². The third-order valence-electron chi connectivity index (χ3n) is 5.92. The van der Waals surface area contributed by atoms with E-state index in [9.17, 15) is 14.4 Å². The normalized spacial score (nSPS) is 24.9. The maximum Gasteiger partial charge on any atom is 0.311 e. The zero-order valence-corrected chi connectivity index (χ0v) is 16.8. The summed E-state index contributed by atoms with van der Waals surface area (Å²) in [6, 6.07) is 7.96. The number of amides is 2. The van der Waals surface area contributed by atoms with Crippen molar-refractivity contribution < 1.29 is 19.1 Å². The average Bonchev–Trinajstić information content (AvgIpc) is 3.10. The second-order valence-corrected chi connectivity index (χ2v) is 7.97. The Labute approximate surface area is 166 Å². The van der Waals surface area contributed by atoms with Crippen molar-refractivity contribution in [2.45, 2.75) is 58.4 Å². The zero-order valence-electron chi connectivity index (χ0n) is 16.8. The fourth-order valence-electron chi connectivity index (χ4n) is 4.06. The highest BCUT2D eigenvalue weighted by Crippen LogP contribution is 2.26. The summed E-state index contributed by atoms with van der Waals surface area (Å²) >= 11 is 0. The number of hydrogen-bond donors (Lipinski definition) is 1. The van der Waals surface area contributed by atoms with Gasteiger partial charge in [-0.3, -0.25) is 14.4 Å². The van der Waals surface area contributed by atoms with Gasteiger partial charge in [-0.1, -0.05) is 38.8 Å². The Morgan fingerprint density at radius 2 is 1.89 bits per heavy atom. The van der Waals surface area contributed by atoms with Crippen LogP contribution < -0.4 is 10.2 Å². The minimum atomic E-state index is -0.528. The van der Waals surface area contributed by atoms with E-state index in [1.54, 1.807) is 4.90 Å². The van der Waals surface area contributed by atoms with Crippen molar-refractivity contribution in [1.82, 2.24) is 5.32 Å². The van der Waals surface area contributed by atoms with Crippen LogP contribution in [0.4, 0.5) is 5.69 Å². The van der Waals surface area contributed by atoms with E-state index in [1.807, 2.05) is 24.3 Å². The van der Waals surface area contributed by atoms with E-state index in [-0.39, 0.29) is 30.9 Å². The van der Waals surface area contributed by atoms with Gasteiger partial charge in [0.1, 0.15) is 0 Å². The number of ether oxygens (including phenoxy) is 1. The van der Waals surface area contributed by atoms with E-state index < -0.39 is 11.9 Å². The van der Waals surface area contributed by atoms with Gasteiger partial charge in [-0.15, -0.1) is 0 Å². The van der Waals surface area contributed by atoms with Crippen molar-refractivity contribution in [2.75, 3.05) is 18.1 Å². The van der Waals surface area contributed by atoms with Crippen LogP contribution in [0.15, 0.2) is 24.3 Å². The first kappa shape index (κ1) is 20.4. The molecule has 3 atom stereocenters. The molecule has 1 aliphatic carbocycles. The summed E-state index contributed by atoms with van der Waals surface area (Å²) in [5, 5.41) is 2.98. The molecule has 0 aromatic heterocycles. The summed E-state index contributed by atoms with van der Waals surface area (Å²) in [4.78, 5) is 38.4. The Kier molecular flexibility index (Phi) is 6.70. The van der Waals surface area contributed by atoms with E-state index in [0.29, 0.717) is 12.5 Å². The van der Waals surface area contributed by atoms with Crippen molar-refractivity contribution in [3.05, 3.63) is 29.8 Å². The number of nitrogens with one attached hydrogen (secondary N) is 1. The lowest BCUT2D eigenvalue weighted by atomic mass is 9.86. The molecule has 6 heteroatoms. The van der Waals surface area contributed by atoms with Gasteiger partial charge in [0.15, 0.2) is 6.61 Å². The van der Waals surface area contributed by atoms with Crippen LogP contribution in [0.1, 0.15) is 51.5 Å². The van der Waals surface area contributed by atoms with E-state index in [4.69, 9.17) is 4.74 Å². The number of benzene rings is 1. The van der Waals surface area contributed by atoms with Crippen LogP contribution in [0.2, 0.25) is 0 Å². The molecule has 1 saturated heterocycles. The van der Waals surface area contributed by atoms with Gasteiger partial charge < -0.3 is 15.0 Å². The van der Waals surface area contributed by atoms with E-state index in [0.717, 1.165) is 31.4 Å². The Morgan fingerprint density at radius 1 is 1.18 bits per heavy atom. The largest absolute Gasteiger partial charge is 0.455 e. The predicted molar refractivity (Wildman–Crippen MR) is 107 cm³/mol. The number of nitrogens with zero attached hydrogens (tertiary/aromatic N) is 1. The fourth-order valence-corrected chi connectivity index (χ4v) is 4.06. The number of carbonyl (C=O) groups is 3. The summed E-state index contributed by atoms with van der Waals surface area (Å²) in [5.41, 5.74) is 1.99. The lowest BCUT2D eigenvalue weighted by Crippen LogP contribution is -2.43. The number of carbonyl (C=O) groups excluding carboxylic acids is 3. The first-order valence-electron chi connectivity index (χ1n) is 10.3. The maximum absolute atomic E-state index is 12.3. The Bertz CT molecular complexity index is 716. The van der Waals surface area contributed by atoms with E-state index in [1.165, 1.54) is 12.0 Å². The van der Waals surface area contributed by atoms with Gasteiger partial charge in [-0.05, 0) is 42.9 Å². The summed E-state index contributed by atoms with van der Waals surface area (Å²) in [7, 11) is 0. The standard InChI is InChI=1S/C22H30N2O4/c1-3-16-8-10-18(11-9-16)24-13-17(12-21(24)26)22(27)28-14-20(25)23-19-7-5-4-6-15(19)2/h8-11,15,17,19H,3-7,12-14H2,1-2H3,(H,23,25)/t15-,17+,19-/m0/s1.